The molecule has 12 heteroatoms. The monoisotopic (exact) mass is 882 g/mol. The van der Waals surface area contributed by atoms with Crippen LogP contribution < -0.4 is 11.1 Å². The number of hydrogen-bond acceptors (Lipinski definition) is 9. The van der Waals surface area contributed by atoms with Crippen LogP contribution in [-0.4, -0.2) is 92.2 Å². The number of nitrogens with two attached hydrogens (primary N) is 1. The molecule has 0 bridgehead atoms. The van der Waals surface area contributed by atoms with Crippen molar-refractivity contribution in [1.29, 1.82) is 0 Å². The number of carboxylic acids is 1. The number of aliphatic hydroxyl groups is 3. The SMILES string of the molecule is CCCCCCCCCCCCCCCCCC(=O)N(CCCCCCCCCCCC)[C@]1(N)O[C@H](CO)[C@@H](O)[C@H](O)[C@H]1C(=O)[C@H](CC(C)C)NC(=O)CCCCCCC(=O)O. The van der Waals surface area contributed by atoms with E-state index in [1.54, 1.807) is 0 Å². The van der Waals surface area contributed by atoms with Gasteiger partial charge in [0.2, 0.25) is 17.7 Å². The first-order valence-corrected chi connectivity index (χ1v) is 25.6. The van der Waals surface area contributed by atoms with E-state index in [1.165, 1.54) is 108 Å². The Kier molecular flexibility index (Phi) is 33.7. The average molecular weight is 882 g/mol. The fraction of sp³-hybridized carbons (Fsp3) is 0.920. The molecule has 1 rings (SSSR count). The molecule has 2 amide bonds. The van der Waals surface area contributed by atoms with Crippen LogP contribution in [0.3, 0.4) is 0 Å². The molecule has 1 aliphatic rings. The minimum Gasteiger partial charge on any atom is -0.481 e. The maximum atomic E-state index is 14.7. The summed E-state index contributed by atoms with van der Waals surface area (Å²) in [6, 6.07) is -1.08. The summed E-state index contributed by atoms with van der Waals surface area (Å²) in [6.07, 6.45) is 27.1. The number of nitrogens with one attached hydrogen (secondary N) is 1. The molecule has 7 N–H and O–H groups in total. The molecule has 364 valence electrons. The molecule has 1 aliphatic heterocycles. The number of carbonyl (C=O) groups is 4. The van der Waals surface area contributed by atoms with Crippen molar-refractivity contribution >= 4 is 23.6 Å². The maximum Gasteiger partial charge on any atom is 0.303 e. The van der Waals surface area contributed by atoms with Crippen LogP contribution in [0.4, 0.5) is 0 Å². The molecular formula is C50H95N3O9. The van der Waals surface area contributed by atoms with E-state index in [9.17, 15) is 34.5 Å². The molecule has 0 saturated carbocycles. The Morgan fingerprint density at radius 2 is 1.02 bits per heavy atom. The van der Waals surface area contributed by atoms with E-state index in [4.69, 9.17) is 15.6 Å². The summed E-state index contributed by atoms with van der Waals surface area (Å²) in [7, 11) is 0. The van der Waals surface area contributed by atoms with Crippen molar-refractivity contribution in [1.82, 2.24) is 10.2 Å². The highest BCUT2D eigenvalue weighted by molar-refractivity contribution is 5.92. The zero-order valence-corrected chi connectivity index (χ0v) is 40.1. The number of rotatable bonds is 41. The van der Waals surface area contributed by atoms with Gasteiger partial charge in [-0.25, -0.2) is 0 Å². The second kappa shape index (κ2) is 36.1. The molecule has 6 atom stereocenters. The van der Waals surface area contributed by atoms with E-state index in [-0.39, 0.29) is 50.0 Å². The lowest BCUT2D eigenvalue weighted by Crippen LogP contribution is -2.76. The molecule has 0 radical (unpaired) electrons. The fourth-order valence-electron chi connectivity index (χ4n) is 8.95. The van der Waals surface area contributed by atoms with Gasteiger partial charge < -0.3 is 35.4 Å². The van der Waals surface area contributed by atoms with Crippen molar-refractivity contribution in [3.05, 3.63) is 0 Å². The van der Waals surface area contributed by atoms with E-state index in [2.05, 4.69) is 19.2 Å². The molecule has 12 nitrogen and oxygen atoms in total. The molecule has 62 heavy (non-hydrogen) atoms. The summed E-state index contributed by atoms with van der Waals surface area (Å²) < 4.78 is 6.22. The van der Waals surface area contributed by atoms with E-state index in [0.29, 0.717) is 38.5 Å². The zero-order valence-electron chi connectivity index (χ0n) is 40.1. The highest BCUT2D eigenvalue weighted by Crippen LogP contribution is 2.37. The minimum absolute atomic E-state index is 0.0429. The van der Waals surface area contributed by atoms with Gasteiger partial charge in [0.15, 0.2) is 5.78 Å². The third-order valence-corrected chi connectivity index (χ3v) is 12.7. The molecule has 1 fully saturated rings. The van der Waals surface area contributed by atoms with Crippen LogP contribution in [0.5, 0.6) is 0 Å². The van der Waals surface area contributed by atoms with E-state index in [1.807, 2.05) is 13.8 Å². The van der Waals surface area contributed by atoms with Crippen LogP contribution in [-0.2, 0) is 23.9 Å². The van der Waals surface area contributed by atoms with Gasteiger partial charge in [-0.3, -0.25) is 24.9 Å². The summed E-state index contributed by atoms with van der Waals surface area (Å²) in [4.78, 5) is 54.5. The van der Waals surface area contributed by atoms with Crippen LogP contribution in [0.15, 0.2) is 0 Å². The van der Waals surface area contributed by atoms with Crippen LogP contribution in [0.1, 0.15) is 240 Å². The van der Waals surface area contributed by atoms with Gasteiger partial charge >= 0.3 is 5.97 Å². The first kappa shape index (κ1) is 57.9. The lowest BCUT2D eigenvalue weighted by molar-refractivity contribution is -0.292. The number of Topliss-reactive ketones (excluding diaryl/α,β-unsaturated/α-hetero) is 1. The van der Waals surface area contributed by atoms with Gasteiger partial charge in [-0.15, -0.1) is 0 Å². The molecule has 1 saturated heterocycles. The number of hydrogen-bond donors (Lipinski definition) is 6. The van der Waals surface area contributed by atoms with Crippen LogP contribution in [0.25, 0.3) is 0 Å². The third-order valence-electron chi connectivity index (χ3n) is 12.7. The van der Waals surface area contributed by atoms with Gasteiger partial charge in [0, 0.05) is 25.8 Å². The topological polar surface area (TPSA) is 200 Å². The van der Waals surface area contributed by atoms with Crippen molar-refractivity contribution in [2.45, 2.75) is 270 Å². The smallest absolute Gasteiger partial charge is 0.303 e. The first-order valence-electron chi connectivity index (χ1n) is 25.6. The van der Waals surface area contributed by atoms with Crippen molar-refractivity contribution in [3.8, 4) is 0 Å². The van der Waals surface area contributed by atoms with Crippen molar-refractivity contribution in [2.75, 3.05) is 13.2 Å². The van der Waals surface area contributed by atoms with Crippen LogP contribution in [0.2, 0.25) is 0 Å². The predicted octanol–water partition coefficient (Wildman–Crippen LogP) is 9.86. The molecule has 0 aliphatic carbocycles. The maximum absolute atomic E-state index is 14.7. The van der Waals surface area contributed by atoms with Crippen LogP contribution >= 0.6 is 0 Å². The lowest BCUT2D eigenvalue weighted by atomic mass is 9.79. The highest BCUT2D eigenvalue weighted by Gasteiger charge is 2.59. The van der Waals surface area contributed by atoms with Crippen LogP contribution in [0, 0.1) is 11.8 Å². The van der Waals surface area contributed by atoms with E-state index < -0.39 is 54.5 Å². The highest BCUT2D eigenvalue weighted by atomic mass is 16.6. The third kappa shape index (κ3) is 24.8. The van der Waals surface area contributed by atoms with Gasteiger partial charge in [0.1, 0.15) is 18.1 Å². The van der Waals surface area contributed by atoms with Crippen molar-refractivity contribution in [2.24, 2.45) is 17.6 Å². The number of carboxylic acid groups (broad SMARTS) is 1. The quantitative estimate of drug-likeness (QED) is 0.0254. The van der Waals surface area contributed by atoms with Crippen molar-refractivity contribution < 1.29 is 44.3 Å². The molecule has 0 unspecified atom stereocenters. The Morgan fingerprint density at radius 3 is 1.44 bits per heavy atom. The molecule has 0 spiro atoms. The number of aliphatic carboxylic acids is 1. The van der Waals surface area contributed by atoms with Crippen molar-refractivity contribution in [3.63, 3.8) is 0 Å². The molecule has 0 aromatic rings. The Bertz CT molecular complexity index is 1170. The standard InChI is InChI=1S/C50H95N3O9/c1-5-7-9-11-13-15-17-18-19-20-21-22-24-26-31-35-44(56)53(37-33-29-25-23-16-14-12-10-8-6-2)50(51)46(49(61)48(60)42(39-54)62-50)47(59)41(38-40(3)4)52-43(55)34-30-27-28-32-36-45(57)58/h40-42,46,48-49,54,60-61H,5-39,51H2,1-4H3,(H,52,55)(H,57,58)/t41-,42+,46+,48+,49+,50-/m0/s1. The Labute approximate surface area is 377 Å². The number of nitrogens with zero attached hydrogens (tertiary/aromatic N) is 1. The number of ketones is 1. The number of ether oxygens (including phenoxy) is 1. The number of amides is 2. The van der Waals surface area contributed by atoms with Gasteiger partial charge in [0.25, 0.3) is 0 Å². The Hall–Kier alpha value is -2.12. The van der Waals surface area contributed by atoms with Gasteiger partial charge in [0.05, 0.1) is 18.8 Å². The minimum atomic E-state index is -2.18. The lowest BCUT2D eigenvalue weighted by Gasteiger charge is -2.53. The van der Waals surface area contributed by atoms with E-state index in [0.717, 1.165) is 44.9 Å². The number of unbranched alkanes of at least 4 members (excludes halogenated alkanes) is 26. The Balaban J connectivity index is 3.08. The second-order valence-corrected chi connectivity index (χ2v) is 18.9. The largest absolute Gasteiger partial charge is 0.481 e. The second-order valence-electron chi connectivity index (χ2n) is 18.9. The van der Waals surface area contributed by atoms with E-state index >= 15 is 0 Å². The summed E-state index contributed by atoms with van der Waals surface area (Å²) in [5.41, 5.74) is 7.12. The normalized spacial score (nSPS) is 20.7. The number of aliphatic hydroxyl groups excluding tert-OH is 3. The summed E-state index contributed by atoms with van der Waals surface area (Å²) in [5, 5.41) is 44.8. The Morgan fingerprint density at radius 1 is 0.613 bits per heavy atom. The predicted molar refractivity (Wildman–Crippen MR) is 249 cm³/mol. The summed E-state index contributed by atoms with van der Waals surface area (Å²) in [6.45, 7) is 7.78. The fourth-order valence-corrected chi connectivity index (χ4v) is 8.95. The molecule has 0 aromatic carbocycles. The van der Waals surface area contributed by atoms with Gasteiger partial charge in [-0.2, -0.15) is 0 Å². The molecular weight excluding hydrogens is 787 g/mol. The number of carbonyl (C=O) groups excluding carboxylic acids is 3. The van der Waals surface area contributed by atoms with Gasteiger partial charge in [-0.1, -0.05) is 188 Å². The molecule has 1 heterocycles. The van der Waals surface area contributed by atoms with Gasteiger partial charge in [-0.05, 0) is 38.0 Å². The summed E-state index contributed by atoms with van der Waals surface area (Å²) >= 11 is 0. The average Bonchev–Trinajstić information content (AvgIpc) is 3.23. The zero-order chi connectivity index (χ0) is 46.0. The summed E-state index contributed by atoms with van der Waals surface area (Å²) in [5.74, 6) is -5.98. The first-order chi connectivity index (χ1) is 29.8. The molecule has 0 aromatic heterocycles.